The van der Waals surface area contributed by atoms with Crippen LogP contribution in [0.25, 0.3) is 0 Å². The van der Waals surface area contributed by atoms with Gasteiger partial charge in [-0.15, -0.1) is 0 Å². The number of nitrogens with one attached hydrogen (secondary N) is 3. The van der Waals surface area contributed by atoms with E-state index in [1.54, 1.807) is 0 Å². The standard InChI is InChI=1S/C20H34N4OS/c25-20(24-15-6-9-16-8-4-5-12-18(16)24)22-14-7-13-21-19(26)23-17-10-2-1-3-11-17/h12,16-17H,1-11,13-15H2,(H,22,25)(H2,21,23,26). The van der Waals surface area contributed by atoms with Crippen LogP contribution < -0.4 is 16.0 Å². The van der Waals surface area contributed by atoms with Crippen molar-refractivity contribution >= 4 is 23.4 Å². The molecule has 1 aliphatic heterocycles. The van der Waals surface area contributed by atoms with Gasteiger partial charge in [0.25, 0.3) is 0 Å². The first kappa shape index (κ1) is 19.5. The largest absolute Gasteiger partial charge is 0.363 e. The van der Waals surface area contributed by atoms with Gasteiger partial charge in [-0.2, -0.15) is 0 Å². The summed E-state index contributed by atoms with van der Waals surface area (Å²) in [6.07, 6.45) is 15.6. The van der Waals surface area contributed by atoms with Crippen molar-refractivity contribution in [3.63, 3.8) is 0 Å². The molecule has 0 aromatic rings. The van der Waals surface area contributed by atoms with Crippen molar-refractivity contribution in [2.45, 2.75) is 76.7 Å². The molecule has 0 radical (unpaired) electrons. The Morgan fingerprint density at radius 1 is 1.04 bits per heavy atom. The Labute approximate surface area is 163 Å². The molecule has 2 amide bonds. The van der Waals surface area contributed by atoms with Crippen LogP contribution in [0.3, 0.4) is 0 Å². The molecule has 0 spiro atoms. The maximum absolute atomic E-state index is 12.5. The summed E-state index contributed by atoms with van der Waals surface area (Å²) in [5, 5.41) is 10.5. The summed E-state index contributed by atoms with van der Waals surface area (Å²) in [5.41, 5.74) is 1.27. The highest BCUT2D eigenvalue weighted by Gasteiger charge is 2.29. The van der Waals surface area contributed by atoms with Crippen molar-refractivity contribution in [3.8, 4) is 0 Å². The highest BCUT2D eigenvalue weighted by atomic mass is 32.1. The lowest BCUT2D eigenvalue weighted by Crippen LogP contribution is -2.46. The topological polar surface area (TPSA) is 56.4 Å². The fourth-order valence-electron chi connectivity index (χ4n) is 4.46. The summed E-state index contributed by atoms with van der Waals surface area (Å²) in [6.45, 7) is 2.35. The molecule has 1 unspecified atom stereocenters. The fraction of sp³-hybridized carbons (Fsp3) is 0.800. The molecule has 26 heavy (non-hydrogen) atoms. The first-order valence-electron chi connectivity index (χ1n) is 10.5. The number of amides is 2. The van der Waals surface area contributed by atoms with Gasteiger partial charge in [0.2, 0.25) is 0 Å². The molecule has 0 bridgehead atoms. The second kappa shape index (κ2) is 10.1. The normalized spacial score (nSPS) is 23.6. The number of allylic oxidation sites excluding steroid dienone is 2. The summed E-state index contributed by atoms with van der Waals surface area (Å²) < 4.78 is 0. The number of carbonyl (C=O) groups excluding carboxylic acids is 1. The summed E-state index contributed by atoms with van der Waals surface area (Å²) in [4.78, 5) is 14.5. The zero-order chi connectivity index (χ0) is 18.2. The van der Waals surface area contributed by atoms with Crippen LogP contribution in [0.2, 0.25) is 0 Å². The third-order valence-corrected chi connectivity index (χ3v) is 6.14. The fourth-order valence-corrected chi connectivity index (χ4v) is 4.73. The Balaban J connectivity index is 1.30. The summed E-state index contributed by atoms with van der Waals surface area (Å²) in [6, 6.07) is 0.616. The van der Waals surface area contributed by atoms with E-state index in [9.17, 15) is 4.79 Å². The Hall–Kier alpha value is -1.30. The summed E-state index contributed by atoms with van der Waals surface area (Å²) in [7, 11) is 0. The molecule has 2 aliphatic carbocycles. The Morgan fingerprint density at radius 3 is 2.65 bits per heavy atom. The predicted molar refractivity (Wildman–Crippen MR) is 110 cm³/mol. The molecule has 146 valence electrons. The Bertz CT molecular complexity index is 516. The van der Waals surface area contributed by atoms with Crippen molar-refractivity contribution in [2.24, 2.45) is 5.92 Å². The molecular weight excluding hydrogens is 344 g/mol. The molecule has 5 nitrogen and oxygen atoms in total. The number of piperidine rings is 1. The van der Waals surface area contributed by atoms with E-state index in [-0.39, 0.29) is 6.03 Å². The van der Waals surface area contributed by atoms with Gasteiger partial charge in [-0.05, 0) is 69.5 Å². The van der Waals surface area contributed by atoms with Crippen LogP contribution in [0.15, 0.2) is 11.8 Å². The zero-order valence-corrected chi connectivity index (χ0v) is 16.7. The van der Waals surface area contributed by atoms with Gasteiger partial charge in [0.15, 0.2) is 5.11 Å². The smallest absolute Gasteiger partial charge is 0.321 e. The van der Waals surface area contributed by atoms with Crippen LogP contribution in [0.4, 0.5) is 4.79 Å². The molecule has 3 rings (SSSR count). The minimum atomic E-state index is 0.0748. The number of fused-ring (bicyclic) bond motifs is 1. The van der Waals surface area contributed by atoms with E-state index in [1.807, 2.05) is 4.90 Å². The highest BCUT2D eigenvalue weighted by molar-refractivity contribution is 7.80. The van der Waals surface area contributed by atoms with Crippen LogP contribution >= 0.6 is 12.2 Å². The maximum Gasteiger partial charge on any atom is 0.321 e. The van der Waals surface area contributed by atoms with Gasteiger partial charge in [0.05, 0.1) is 0 Å². The van der Waals surface area contributed by atoms with Crippen LogP contribution in [0, 0.1) is 5.92 Å². The zero-order valence-electron chi connectivity index (χ0n) is 15.9. The van der Waals surface area contributed by atoms with Gasteiger partial charge in [-0.3, -0.25) is 4.90 Å². The van der Waals surface area contributed by atoms with Crippen molar-refractivity contribution in [3.05, 3.63) is 11.8 Å². The quantitative estimate of drug-likeness (QED) is 0.505. The maximum atomic E-state index is 12.5. The van der Waals surface area contributed by atoms with E-state index in [0.717, 1.165) is 37.5 Å². The Morgan fingerprint density at radius 2 is 1.81 bits per heavy atom. The lowest BCUT2D eigenvalue weighted by Gasteiger charge is -2.37. The molecule has 0 aromatic carbocycles. The molecule has 3 N–H and O–H groups in total. The van der Waals surface area contributed by atoms with Crippen molar-refractivity contribution in [2.75, 3.05) is 19.6 Å². The number of thiocarbonyl (C=S) groups is 1. The average Bonchev–Trinajstić information content (AvgIpc) is 2.68. The SMILES string of the molecule is O=C(NCCCNC(=S)NC1CCCCC1)N1CCCC2CCCC=C21. The summed E-state index contributed by atoms with van der Waals surface area (Å²) >= 11 is 5.38. The number of likely N-dealkylation sites (tertiary alicyclic amines) is 1. The van der Waals surface area contributed by atoms with Crippen molar-refractivity contribution in [1.29, 1.82) is 0 Å². The van der Waals surface area contributed by atoms with Gasteiger partial charge >= 0.3 is 6.03 Å². The van der Waals surface area contributed by atoms with Crippen molar-refractivity contribution in [1.82, 2.24) is 20.9 Å². The number of hydrogen-bond acceptors (Lipinski definition) is 2. The molecule has 1 saturated carbocycles. The lowest BCUT2D eigenvalue weighted by molar-refractivity contribution is 0.187. The lowest BCUT2D eigenvalue weighted by atomic mass is 9.85. The van der Waals surface area contributed by atoms with E-state index in [2.05, 4.69) is 22.0 Å². The van der Waals surface area contributed by atoms with E-state index in [1.165, 1.54) is 57.1 Å². The number of nitrogens with zero attached hydrogens (tertiary/aromatic N) is 1. The second-order valence-corrected chi connectivity index (χ2v) is 8.28. The van der Waals surface area contributed by atoms with Crippen molar-refractivity contribution < 1.29 is 4.79 Å². The minimum absolute atomic E-state index is 0.0748. The van der Waals surface area contributed by atoms with E-state index < -0.39 is 0 Å². The Kier molecular flexibility index (Phi) is 7.59. The molecule has 1 heterocycles. The molecule has 3 aliphatic rings. The van der Waals surface area contributed by atoms with E-state index in [4.69, 9.17) is 12.2 Å². The third-order valence-electron chi connectivity index (χ3n) is 5.88. The number of carbonyl (C=O) groups is 1. The molecule has 2 fully saturated rings. The minimum Gasteiger partial charge on any atom is -0.363 e. The molecular formula is C20H34N4OS. The summed E-state index contributed by atoms with van der Waals surface area (Å²) in [5.74, 6) is 0.605. The van der Waals surface area contributed by atoms with Crippen LogP contribution in [0.1, 0.15) is 70.6 Å². The molecule has 1 atom stereocenters. The van der Waals surface area contributed by atoms with Gasteiger partial charge in [-0.1, -0.05) is 25.3 Å². The monoisotopic (exact) mass is 378 g/mol. The predicted octanol–water partition coefficient (Wildman–Crippen LogP) is 3.66. The van der Waals surface area contributed by atoms with Gasteiger partial charge in [-0.25, -0.2) is 4.79 Å². The van der Waals surface area contributed by atoms with Crippen LogP contribution in [-0.2, 0) is 0 Å². The molecule has 0 aromatic heterocycles. The first-order chi connectivity index (χ1) is 12.7. The van der Waals surface area contributed by atoms with Gasteiger partial charge in [0.1, 0.15) is 0 Å². The molecule has 6 heteroatoms. The van der Waals surface area contributed by atoms with E-state index in [0.29, 0.717) is 18.5 Å². The number of hydrogen-bond donors (Lipinski definition) is 3. The van der Waals surface area contributed by atoms with Gasteiger partial charge < -0.3 is 16.0 Å². The first-order valence-corrected chi connectivity index (χ1v) is 10.9. The average molecular weight is 379 g/mol. The van der Waals surface area contributed by atoms with Crippen LogP contribution in [0.5, 0.6) is 0 Å². The molecule has 1 saturated heterocycles. The number of rotatable bonds is 5. The van der Waals surface area contributed by atoms with Gasteiger partial charge in [0, 0.05) is 31.4 Å². The highest BCUT2D eigenvalue weighted by Crippen LogP contribution is 2.34. The second-order valence-electron chi connectivity index (χ2n) is 7.87. The number of urea groups is 1. The van der Waals surface area contributed by atoms with Crippen LogP contribution in [-0.4, -0.2) is 41.7 Å². The van der Waals surface area contributed by atoms with E-state index >= 15 is 0 Å². The third kappa shape index (κ3) is 5.60.